The zero-order valence-corrected chi connectivity index (χ0v) is 14.1. The Labute approximate surface area is 138 Å². The molecule has 0 heterocycles. The van der Waals surface area contributed by atoms with E-state index in [9.17, 15) is 4.79 Å². The molecule has 4 nitrogen and oxygen atoms in total. The molecule has 1 atom stereocenters. The molecule has 116 valence electrons. The SMILES string of the molecule is COc1cccc(C(CNC(=O)c2cccc(Br)c2)OC)c1. The van der Waals surface area contributed by atoms with Gasteiger partial charge in [-0.3, -0.25) is 4.79 Å². The molecule has 0 aromatic heterocycles. The van der Waals surface area contributed by atoms with Gasteiger partial charge in [-0.2, -0.15) is 0 Å². The first-order valence-corrected chi connectivity index (χ1v) is 7.64. The average Bonchev–Trinajstić information content (AvgIpc) is 2.55. The highest BCUT2D eigenvalue weighted by atomic mass is 79.9. The Bertz CT molecular complexity index is 645. The summed E-state index contributed by atoms with van der Waals surface area (Å²) >= 11 is 3.36. The van der Waals surface area contributed by atoms with E-state index >= 15 is 0 Å². The number of nitrogens with one attached hydrogen (secondary N) is 1. The maximum absolute atomic E-state index is 12.2. The van der Waals surface area contributed by atoms with E-state index in [-0.39, 0.29) is 12.0 Å². The number of halogens is 1. The van der Waals surface area contributed by atoms with Crippen LogP contribution in [0.5, 0.6) is 5.75 Å². The van der Waals surface area contributed by atoms with E-state index in [0.29, 0.717) is 12.1 Å². The summed E-state index contributed by atoms with van der Waals surface area (Å²) in [6.45, 7) is 0.384. The summed E-state index contributed by atoms with van der Waals surface area (Å²) in [5.41, 5.74) is 1.56. The van der Waals surface area contributed by atoms with Gasteiger partial charge in [-0.25, -0.2) is 0 Å². The maximum Gasteiger partial charge on any atom is 0.251 e. The van der Waals surface area contributed by atoms with E-state index in [1.807, 2.05) is 36.4 Å². The second kappa shape index (κ2) is 7.96. The van der Waals surface area contributed by atoms with Crippen LogP contribution < -0.4 is 10.1 Å². The van der Waals surface area contributed by atoms with Gasteiger partial charge in [-0.05, 0) is 35.9 Å². The molecule has 1 amide bonds. The van der Waals surface area contributed by atoms with Crippen molar-refractivity contribution in [3.63, 3.8) is 0 Å². The summed E-state index contributed by atoms with van der Waals surface area (Å²) in [5.74, 6) is 0.629. The highest BCUT2D eigenvalue weighted by Gasteiger charge is 2.14. The number of methoxy groups -OCH3 is 2. The van der Waals surface area contributed by atoms with Gasteiger partial charge < -0.3 is 14.8 Å². The Balaban J connectivity index is 2.03. The van der Waals surface area contributed by atoms with Crippen LogP contribution in [-0.2, 0) is 4.74 Å². The van der Waals surface area contributed by atoms with Crippen LogP contribution in [0.3, 0.4) is 0 Å². The number of hydrogen-bond donors (Lipinski definition) is 1. The molecule has 1 N–H and O–H groups in total. The lowest BCUT2D eigenvalue weighted by Crippen LogP contribution is -2.29. The summed E-state index contributed by atoms with van der Waals surface area (Å²) in [5, 5.41) is 2.89. The van der Waals surface area contributed by atoms with Crippen LogP contribution in [0.4, 0.5) is 0 Å². The minimum Gasteiger partial charge on any atom is -0.497 e. The number of rotatable bonds is 6. The van der Waals surface area contributed by atoms with Gasteiger partial charge in [-0.1, -0.05) is 34.1 Å². The van der Waals surface area contributed by atoms with Crippen LogP contribution in [0.25, 0.3) is 0 Å². The zero-order chi connectivity index (χ0) is 15.9. The average molecular weight is 364 g/mol. The van der Waals surface area contributed by atoms with Gasteiger partial charge in [0.15, 0.2) is 0 Å². The Kier molecular flexibility index (Phi) is 5.98. The molecule has 2 aromatic rings. The molecule has 0 bridgehead atoms. The molecule has 0 spiro atoms. The lowest BCUT2D eigenvalue weighted by atomic mass is 10.1. The number of carbonyl (C=O) groups is 1. The number of benzene rings is 2. The van der Waals surface area contributed by atoms with Gasteiger partial charge in [0, 0.05) is 23.7 Å². The van der Waals surface area contributed by atoms with Crippen molar-refractivity contribution in [1.29, 1.82) is 0 Å². The topological polar surface area (TPSA) is 47.6 Å². The van der Waals surface area contributed by atoms with E-state index in [1.54, 1.807) is 26.4 Å². The van der Waals surface area contributed by atoms with Gasteiger partial charge in [0.2, 0.25) is 0 Å². The third-order valence-electron chi connectivity index (χ3n) is 3.28. The van der Waals surface area contributed by atoms with Crippen LogP contribution in [0.15, 0.2) is 53.0 Å². The van der Waals surface area contributed by atoms with E-state index < -0.39 is 0 Å². The molecule has 0 radical (unpaired) electrons. The van der Waals surface area contributed by atoms with Crippen molar-refractivity contribution in [3.05, 3.63) is 64.1 Å². The standard InChI is InChI=1S/C17H18BrNO3/c1-21-15-8-4-5-12(10-15)16(22-2)11-19-17(20)13-6-3-7-14(18)9-13/h3-10,16H,11H2,1-2H3,(H,19,20). The molecule has 22 heavy (non-hydrogen) atoms. The summed E-state index contributed by atoms with van der Waals surface area (Å²) < 4.78 is 11.5. The Morgan fingerprint density at radius 2 is 1.95 bits per heavy atom. The molecule has 0 aliphatic carbocycles. The van der Waals surface area contributed by atoms with Gasteiger partial charge in [0.05, 0.1) is 13.2 Å². The molecule has 1 unspecified atom stereocenters. The van der Waals surface area contributed by atoms with Crippen molar-refractivity contribution in [2.75, 3.05) is 20.8 Å². The predicted octanol–water partition coefficient (Wildman–Crippen LogP) is 3.58. The first kappa shape index (κ1) is 16.5. The van der Waals surface area contributed by atoms with Crippen LogP contribution in [0, 0.1) is 0 Å². The number of ether oxygens (including phenoxy) is 2. The summed E-state index contributed by atoms with van der Waals surface area (Å²) in [4.78, 5) is 12.2. The molecule has 0 saturated carbocycles. The highest BCUT2D eigenvalue weighted by molar-refractivity contribution is 9.10. The van der Waals surface area contributed by atoms with Crippen LogP contribution >= 0.6 is 15.9 Å². The van der Waals surface area contributed by atoms with Crippen molar-refractivity contribution in [2.24, 2.45) is 0 Å². The number of hydrogen-bond acceptors (Lipinski definition) is 3. The normalized spacial score (nSPS) is 11.8. The first-order chi connectivity index (χ1) is 10.6. The Hall–Kier alpha value is -1.85. The Morgan fingerprint density at radius 1 is 1.18 bits per heavy atom. The smallest absolute Gasteiger partial charge is 0.251 e. The second-order valence-electron chi connectivity index (χ2n) is 4.72. The van der Waals surface area contributed by atoms with E-state index in [2.05, 4.69) is 21.2 Å². The first-order valence-electron chi connectivity index (χ1n) is 6.84. The van der Waals surface area contributed by atoms with Gasteiger partial charge in [0.1, 0.15) is 5.75 Å². The monoisotopic (exact) mass is 363 g/mol. The van der Waals surface area contributed by atoms with Crippen molar-refractivity contribution in [1.82, 2.24) is 5.32 Å². The maximum atomic E-state index is 12.2. The molecule has 2 rings (SSSR count). The molecule has 0 fully saturated rings. The quantitative estimate of drug-likeness (QED) is 0.853. The van der Waals surface area contributed by atoms with Crippen molar-refractivity contribution in [3.8, 4) is 5.75 Å². The number of carbonyl (C=O) groups excluding carboxylic acids is 1. The molecule has 5 heteroatoms. The largest absolute Gasteiger partial charge is 0.497 e. The van der Waals surface area contributed by atoms with Crippen LogP contribution in [0.2, 0.25) is 0 Å². The predicted molar refractivity (Wildman–Crippen MR) is 89.2 cm³/mol. The third-order valence-corrected chi connectivity index (χ3v) is 3.78. The summed E-state index contributed by atoms with van der Waals surface area (Å²) in [6, 6.07) is 14.9. The fourth-order valence-electron chi connectivity index (χ4n) is 2.10. The minimum absolute atomic E-state index is 0.133. The van der Waals surface area contributed by atoms with Crippen LogP contribution in [-0.4, -0.2) is 26.7 Å². The zero-order valence-electron chi connectivity index (χ0n) is 12.5. The van der Waals surface area contributed by atoms with Crippen molar-refractivity contribution < 1.29 is 14.3 Å². The van der Waals surface area contributed by atoms with Crippen molar-refractivity contribution in [2.45, 2.75) is 6.10 Å². The third kappa shape index (κ3) is 4.32. The Morgan fingerprint density at radius 3 is 2.64 bits per heavy atom. The molecule has 0 aliphatic heterocycles. The molecular formula is C17H18BrNO3. The fraction of sp³-hybridized carbons (Fsp3) is 0.235. The highest BCUT2D eigenvalue weighted by Crippen LogP contribution is 2.21. The van der Waals surface area contributed by atoms with Crippen LogP contribution in [0.1, 0.15) is 22.0 Å². The van der Waals surface area contributed by atoms with Crippen molar-refractivity contribution >= 4 is 21.8 Å². The van der Waals surface area contributed by atoms with E-state index in [1.165, 1.54) is 0 Å². The lowest BCUT2D eigenvalue weighted by Gasteiger charge is -2.17. The second-order valence-corrected chi connectivity index (χ2v) is 5.64. The summed E-state index contributed by atoms with van der Waals surface area (Å²) in [6.07, 6.45) is -0.230. The van der Waals surface area contributed by atoms with Gasteiger partial charge in [0.25, 0.3) is 5.91 Å². The molecule has 2 aromatic carbocycles. The number of amides is 1. The fourth-order valence-corrected chi connectivity index (χ4v) is 2.50. The minimum atomic E-state index is -0.230. The van der Waals surface area contributed by atoms with E-state index in [0.717, 1.165) is 15.8 Å². The molecule has 0 saturated heterocycles. The lowest BCUT2D eigenvalue weighted by molar-refractivity contribution is 0.0827. The molecular weight excluding hydrogens is 346 g/mol. The van der Waals surface area contributed by atoms with Gasteiger partial charge >= 0.3 is 0 Å². The van der Waals surface area contributed by atoms with E-state index in [4.69, 9.17) is 9.47 Å². The van der Waals surface area contributed by atoms with Gasteiger partial charge in [-0.15, -0.1) is 0 Å². The summed E-state index contributed by atoms with van der Waals surface area (Å²) in [7, 11) is 3.24. The molecule has 0 aliphatic rings.